The van der Waals surface area contributed by atoms with Crippen molar-refractivity contribution in [2.24, 2.45) is 0 Å². The van der Waals surface area contributed by atoms with Gasteiger partial charge in [-0.05, 0) is 41.9 Å². The fraction of sp³-hybridized carbons (Fsp3) is 0.130. The van der Waals surface area contributed by atoms with Crippen LogP contribution in [0.1, 0.15) is 11.1 Å². The number of aryl methyl sites for hydroxylation is 1. The zero-order chi connectivity index (χ0) is 19.2. The molecule has 140 valence electrons. The minimum absolute atomic E-state index is 0.574. The molecule has 4 nitrogen and oxygen atoms in total. The van der Waals surface area contributed by atoms with Crippen LogP contribution in [0, 0.1) is 4.77 Å². The summed E-state index contributed by atoms with van der Waals surface area (Å²) >= 11 is 5.41. The Kier molecular flexibility index (Phi) is 5.64. The molecule has 0 saturated heterocycles. The zero-order valence-corrected chi connectivity index (χ0v) is 16.2. The van der Waals surface area contributed by atoms with Crippen LogP contribution in [-0.2, 0) is 19.6 Å². The lowest BCUT2D eigenvalue weighted by Gasteiger charge is -2.09. The summed E-state index contributed by atoms with van der Waals surface area (Å²) in [4.78, 5) is 0. The molecular formula is C23H21N3OS. The molecule has 0 aliphatic heterocycles. The SMILES string of the molecule is S=c1[nH]nc(-c2ccccc2)n1CCc1ccc(OCc2ccccc2)cc1. The van der Waals surface area contributed by atoms with Crippen molar-refractivity contribution in [3.8, 4) is 17.1 Å². The Bertz CT molecular complexity index is 1070. The van der Waals surface area contributed by atoms with Gasteiger partial charge >= 0.3 is 0 Å². The van der Waals surface area contributed by atoms with Crippen molar-refractivity contribution in [2.45, 2.75) is 19.6 Å². The van der Waals surface area contributed by atoms with Crippen LogP contribution in [0.2, 0.25) is 0 Å². The average molecular weight is 388 g/mol. The summed E-state index contributed by atoms with van der Waals surface area (Å²) in [6.45, 7) is 1.34. The van der Waals surface area contributed by atoms with E-state index < -0.39 is 0 Å². The Morgan fingerprint density at radius 1 is 0.821 bits per heavy atom. The third kappa shape index (κ3) is 4.38. The second-order valence-electron chi connectivity index (χ2n) is 6.54. The Morgan fingerprint density at radius 2 is 1.50 bits per heavy atom. The Labute approximate surface area is 169 Å². The summed E-state index contributed by atoms with van der Waals surface area (Å²) in [5, 5.41) is 7.30. The van der Waals surface area contributed by atoms with Crippen molar-refractivity contribution in [1.82, 2.24) is 14.8 Å². The van der Waals surface area contributed by atoms with E-state index in [2.05, 4.69) is 34.5 Å². The lowest BCUT2D eigenvalue weighted by Crippen LogP contribution is -2.04. The smallest absolute Gasteiger partial charge is 0.195 e. The Hall–Kier alpha value is -3.18. The number of aromatic amines is 1. The van der Waals surface area contributed by atoms with Crippen LogP contribution in [0.25, 0.3) is 11.4 Å². The highest BCUT2D eigenvalue weighted by Gasteiger charge is 2.08. The Morgan fingerprint density at radius 3 is 2.21 bits per heavy atom. The second kappa shape index (κ2) is 8.67. The van der Waals surface area contributed by atoms with Crippen molar-refractivity contribution in [3.05, 3.63) is 101 Å². The van der Waals surface area contributed by atoms with E-state index in [1.807, 2.05) is 65.2 Å². The summed E-state index contributed by atoms with van der Waals surface area (Å²) < 4.78 is 8.54. The number of nitrogens with one attached hydrogen (secondary N) is 1. The molecule has 0 radical (unpaired) electrons. The van der Waals surface area contributed by atoms with Crippen molar-refractivity contribution in [3.63, 3.8) is 0 Å². The molecule has 4 aromatic rings. The van der Waals surface area contributed by atoms with Crippen molar-refractivity contribution < 1.29 is 4.74 Å². The maximum atomic E-state index is 5.86. The number of benzene rings is 3. The lowest BCUT2D eigenvalue weighted by molar-refractivity contribution is 0.306. The predicted molar refractivity (Wildman–Crippen MR) is 114 cm³/mol. The number of aromatic nitrogens is 3. The number of H-pyrrole nitrogens is 1. The van der Waals surface area contributed by atoms with Gasteiger partial charge in [0.15, 0.2) is 10.6 Å². The largest absolute Gasteiger partial charge is 0.489 e. The molecule has 0 spiro atoms. The molecule has 28 heavy (non-hydrogen) atoms. The fourth-order valence-electron chi connectivity index (χ4n) is 3.07. The summed E-state index contributed by atoms with van der Waals surface area (Å²) in [5.41, 5.74) is 3.45. The van der Waals surface area contributed by atoms with Gasteiger partial charge in [0.25, 0.3) is 0 Å². The van der Waals surface area contributed by atoms with Gasteiger partial charge in [-0.15, -0.1) is 0 Å². The summed E-state index contributed by atoms with van der Waals surface area (Å²) in [7, 11) is 0. The van der Waals surface area contributed by atoms with E-state index in [0.29, 0.717) is 11.4 Å². The standard InChI is InChI=1S/C23H21N3OS/c28-23-25-24-22(20-9-5-2-6-10-20)26(23)16-15-18-11-13-21(14-12-18)27-17-19-7-3-1-4-8-19/h1-14H,15-17H2,(H,25,28). The van der Waals surface area contributed by atoms with E-state index in [4.69, 9.17) is 17.0 Å². The minimum Gasteiger partial charge on any atom is -0.489 e. The van der Waals surface area contributed by atoms with Gasteiger partial charge in [0.05, 0.1) is 0 Å². The highest BCUT2D eigenvalue weighted by atomic mass is 32.1. The molecule has 0 unspecified atom stereocenters. The van der Waals surface area contributed by atoms with Gasteiger partial charge in [-0.1, -0.05) is 72.8 Å². The number of nitrogens with zero attached hydrogens (tertiary/aromatic N) is 2. The van der Waals surface area contributed by atoms with E-state index in [0.717, 1.165) is 35.7 Å². The molecule has 0 aliphatic carbocycles. The number of rotatable bonds is 7. The van der Waals surface area contributed by atoms with Gasteiger partial charge in [-0.2, -0.15) is 5.10 Å². The first-order valence-electron chi connectivity index (χ1n) is 9.26. The zero-order valence-electron chi connectivity index (χ0n) is 15.4. The van der Waals surface area contributed by atoms with Crippen molar-refractivity contribution >= 4 is 12.2 Å². The van der Waals surface area contributed by atoms with Crippen LogP contribution in [-0.4, -0.2) is 14.8 Å². The van der Waals surface area contributed by atoms with E-state index in [9.17, 15) is 0 Å². The summed E-state index contributed by atoms with van der Waals surface area (Å²) in [6, 6.07) is 28.5. The number of hydrogen-bond acceptors (Lipinski definition) is 3. The number of hydrogen-bond donors (Lipinski definition) is 1. The molecule has 0 amide bonds. The molecule has 0 saturated carbocycles. The topological polar surface area (TPSA) is 42.8 Å². The van der Waals surface area contributed by atoms with Crippen LogP contribution in [0.15, 0.2) is 84.9 Å². The van der Waals surface area contributed by atoms with Crippen LogP contribution in [0.3, 0.4) is 0 Å². The first kappa shape index (κ1) is 18.2. The van der Waals surface area contributed by atoms with Crippen LogP contribution in [0.4, 0.5) is 0 Å². The van der Waals surface area contributed by atoms with E-state index in [-0.39, 0.29) is 0 Å². The van der Waals surface area contributed by atoms with Gasteiger partial charge in [-0.25, -0.2) is 0 Å². The van der Waals surface area contributed by atoms with E-state index in [1.165, 1.54) is 5.56 Å². The molecule has 0 bridgehead atoms. The van der Waals surface area contributed by atoms with E-state index in [1.54, 1.807) is 0 Å². The van der Waals surface area contributed by atoms with Crippen LogP contribution in [0.5, 0.6) is 5.75 Å². The highest BCUT2D eigenvalue weighted by molar-refractivity contribution is 7.71. The van der Waals surface area contributed by atoms with Gasteiger partial charge in [-0.3, -0.25) is 9.67 Å². The van der Waals surface area contributed by atoms with Crippen LogP contribution >= 0.6 is 12.2 Å². The molecular weight excluding hydrogens is 366 g/mol. The van der Waals surface area contributed by atoms with Gasteiger partial charge in [0, 0.05) is 12.1 Å². The maximum absolute atomic E-state index is 5.86. The quantitative estimate of drug-likeness (QED) is 0.430. The summed E-state index contributed by atoms with van der Waals surface area (Å²) in [5.74, 6) is 1.74. The van der Waals surface area contributed by atoms with Gasteiger partial charge < -0.3 is 4.74 Å². The third-order valence-electron chi connectivity index (χ3n) is 4.59. The highest BCUT2D eigenvalue weighted by Crippen LogP contribution is 2.19. The first-order valence-corrected chi connectivity index (χ1v) is 9.67. The number of ether oxygens (including phenoxy) is 1. The lowest BCUT2D eigenvalue weighted by atomic mass is 10.1. The molecule has 1 heterocycles. The Balaban J connectivity index is 1.39. The molecule has 3 aromatic carbocycles. The molecule has 5 heteroatoms. The molecule has 1 N–H and O–H groups in total. The second-order valence-corrected chi connectivity index (χ2v) is 6.92. The van der Waals surface area contributed by atoms with Gasteiger partial charge in [0.2, 0.25) is 0 Å². The molecule has 1 aromatic heterocycles. The maximum Gasteiger partial charge on any atom is 0.195 e. The molecule has 4 rings (SSSR count). The van der Waals surface area contributed by atoms with Crippen molar-refractivity contribution in [2.75, 3.05) is 0 Å². The monoisotopic (exact) mass is 387 g/mol. The molecule has 0 fully saturated rings. The predicted octanol–water partition coefficient (Wildman–Crippen LogP) is 5.43. The van der Waals surface area contributed by atoms with Crippen LogP contribution < -0.4 is 4.74 Å². The van der Waals surface area contributed by atoms with Crippen molar-refractivity contribution in [1.29, 1.82) is 0 Å². The first-order chi connectivity index (χ1) is 13.8. The minimum atomic E-state index is 0.574. The third-order valence-corrected chi connectivity index (χ3v) is 4.90. The summed E-state index contributed by atoms with van der Waals surface area (Å²) in [6.07, 6.45) is 0.868. The van der Waals surface area contributed by atoms with E-state index >= 15 is 0 Å². The molecule has 0 aliphatic rings. The van der Waals surface area contributed by atoms with Gasteiger partial charge in [0.1, 0.15) is 12.4 Å². The fourth-order valence-corrected chi connectivity index (χ4v) is 3.29. The average Bonchev–Trinajstić information content (AvgIpc) is 3.13. The normalized spacial score (nSPS) is 10.7. The molecule has 0 atom stereocenters.